The van der Waals surface area contributed by atoms with E-state index in [9.17, 15) is 29.1 Å². The number of ether oxygens (including phenoxy) is 2. The lowest BCUT2D eigenvalue weighted by Crippen LogP contribution is -2.58. The summed E-state index contributed by atoms with van der Waals surface area (Å²) in [4.78, 5) is 64.6. The van der Waals surface area contributed by atoms with Gasteiger partial charge in [-0.15, -0.1) is 0 Å². The molecule has 2 aliphatic rings. The molecule has 0 aromatic rings. The fourth-order valence-electron chi connectivity index (χ4n) is 3.99. The maximum Gasteiger partial charge on any atom is 0.309 e. The number of hydrogen-bond donors (Lipinski definition) is 4. The molecule has 0 saturated carbocycles. The van der Waals surface area contributed by atoms with Crippen molar-refractivity contribution in [3.8, 4) is 0 Å². The highest BCUT2D eigenvalue weighted by atomic mass is 33.1. The molecule has 0 aromatic heterocycles. The van der Waals surface area contributed by atoms with Gasteiger partial charge in [0.15, 0.2) is 0 Å². The van der Waals surface area contributed by atoms with Crippen LogP contribution in [-0.4, -0.2) is 82.2 Å². The quantitative estimate of drug-likeness (QED) is 0.216. The minimum atomic E-state index is -1.24. The average Bonchev–Trinajstić information content (AvgIpc) is 2.81. The van der Waals surface area contributed by atoms with Crippen LogP contribution in [0.25, 0.3) is 0 Å². The molecule has 39 heavy (non-hydrogen) atoms. The highest BCUT2D eigenvalue weighted by Gasteiger charge is 2.34. The van der Waals surface area contributed by atoms with Crippen molar-refractivity contribution in [2.45, 2.75) is 103 Å². The van der Waals surface area contributed by atoms with Gasteiger partial charge in [0.2, 0.25) is 17.7 Å². The molecule has 2 aliphatic heterocycles. The molecule has 0 unspecified atom stereocenters. The van der Waals surface area contributed by atoms with Crippen LogP contribution in [0.1, 0.15) is 66.7 Å². The first kappa shape index (κ1) is 33.0. The Morgan fingerprint density at radius 2 is 1.82 bits per heavy atom. The highest BCUT2D eigenvalue weighted by Crippen LogP contribution is 2.24. The van der Waals surface area contributed by atoms with Gasteiger partial charge in [-0.25, -0.2) is 0 Å². The Balaban J connectivity index is 2.42. The van der Waals surface area contributed by atoms with Crippen LogP contribution in [0, 0.1) is 5.92 Å². The first-order valence-corrected chi connectivity index (χ1v) is 15.6. The van der Waals surface area contributed by atoms with Crippen LogP contribution < -0.4 is 16.0 Å². The summed E-state index contributed by atoms with van der Waals surface area (Å²) in [5, 5.41) is 18.9. The van der Waals surface area contributed by atoms with E-state index in [0.717, 1.165) is 0 Å². The van der Waals surface area contributed by atoms with Crippen LogP contribution in [-0.2, 0) is 33.4 Å². The monoisotopic (exact) mass is 587 g/mol. The lowest BCUT2D eigenvalue weighted by Gasteiger charge is -2.29. The molecule has 2 bridgehead atoms. The summed E-state index contributed by atoms with van der Waals surface area (Å²) >= 11 is 0. The summed E-state index contributed by atoms with van der Waals surface area (Å²) in [6.45, 7) is 8.78. The number of hydrogen-bond acceptors (Lipinski definition) is 10. The Labute approximate surface area is 237 Å². The summed E-state index contributed by atoms with van der Waals surface area (Å²) in [7, 11) is 2.93. The molecule has 3 amide bonds. The number of aliphatic hydroxyl groups is 1. The zero-order chi connectivity index (χ0) is 29.2. The molecule has 0 aliphatic carbocycles. The number of amides is 3. The zero-order valence-electron chi connectivity index (χ0n) is 23.2. The number of rotatable bonds is 4. The van der Waals surface area contributed by atoms with Crippen LogP contribution in [0.4, 0.5) is 0 Å². The second-order valence-corrected chi connectivity index (χ2v) is 13.5. The van der Waals surface area contributed by atoms with Gasteiger partial charge in [-0.1, -0.05) is 41.5 Å². The molecule has 220 valence electrons. The summed E-state index contributed by atoms with van der Waals surface area (Å²) in [6.07, 6.45) is 1.07. The van der Waals surface area contributed by atoms with Crippen LogP contribution in [0.15, 0.2) is 12.2 Å². The Kier molecular flexibility index (Phi) is 13.1. The predicted octanol–water partition coefficient (Wildman–Crippen LogP) is 1.63. The van der Waals surface area contributed by atoms with E-state index < -0.39 is 65.6 Å². The fourth-order valence-corrected chi connectivity index (χ4v) is 6.15. The van der Waals surface area contributed by atoms with Crippen molar-refractivity contribution < 1.29 is 38.6 Å². The molecule has 2 rings (SSSR count). The third-order valence-electron chi connectivity index (χ3n) is 5.87. The molecule has 0 spiro atoms. The van der Waals surface area contributed by atoms with Gasteiger partial charge in [0, 0.05) is 17.9 Å². The van der Waals surface area contributed by atoms with Crippen molar-refractivity contribution >= 4 is 51.2 Å². The van der Waals surface area contributed by atoms with E-state index in [-0.39, 0.29) is 37.4 Å². The maximum atomic E-state index is 13.4. The molecular formula is C26H41N3O8S2. The molecular weight excluding hydrogens is 546 g/mol. The number of aliphatic hydroxyl groups excluding tert-OH is 1. The first-order chi connectivity index (χ1) is 18.2. The average molecular weight is 588 g/mol. The van der Waals surface area contributed by atoms with Crippen molar-refractivity contribution in [2.75, 3.05) is 11.5 Å². The number of carbonyl (C=O) groups excluding carboxylic acids is 5. The van der Waals surface area contributed by atoms with Gasteiger partial charge in [-0.05, 0) is 45.6 Å². The number of fused-ring (bicyclic) bond motifs is 7. The van der Waals surface area contributed by atoms with Crippen molar-refractivity contribution in [1.29, 1.82) is 0 Å². The normalized spacial score (nSPS) is 29.1. The molecule has 4 N–H and O–H groups in total. The zero-order valence-corrected chi connectivity index (χ0v) is 24.8. The van der Waals surface area contributed by atoms with Gasteiger partial charge in [0.1, 0.15) is 23.8 Å². The van der Waals surface area contributed by atoms with Gasteiger partial charge < -0.3 is 30.5 Å². The van der Waals surface area contributed by atoms with Crippen molar-refractivity contribution in [3.05, 3.63) is 12.2 Å². The molecule has 2 heterocycles. The molecule has 0 radical (unpaired) electrons. The van der Waals surface area contributed by atoms with E-state index in [1.165, 1.54) is 21.6 Å². The minimum absolute atomic E-state index is 0.0592. The lowest BCUT2D eigenvalue weighted by molar-refractivity contribution is -0.155. The summed E-state index contributed by atoms with van der Waals surface area (Å²) in [5.74, 6) is -2.29. The van der Waals surface area contributed by atoms with E-state index in [0.29, 0.717) is 12.2 Å². The van der Waals surface area contributed by atoms with E-state index in [1.54, 1.807) is 40.7 Å². The van der Waals surface area contributed by atoms with Crippen LogP contribution in [0.3, 0.4) is 0 Å². The number of nitrogens with one attached hydrogen (secondary N) is 3. The smallest absolute Gasteiger partial charge is 0.309 e. The van der Waals surface area contributed by atoms with Gasteiger partial charge in [0.25, 0.3) is 0 Å². The van der Waals surface area contributed by atoms with E-state index in [1.807, 2.05) is 6.08 Å². The van der Waals surface area contributed by atoms with E-state index in [4.69, 9.17) is 9.47 Å². The van der Waals surface area contributed by atoms with Gasteiger partial charge in [-0.2, -0.15) is 0 Å². The third kappa shape index (κ3) is 12.2. The van der Waals surface area contributed by atoms with Crippen LogP contribution in [0.5, 0.6) is 0 Å². The highest BCUT2D eigenvalue weighted by molar-refractivity contribution is 8.76. The SMILES string of the molecule is CC(C)[C@H]1NC(=O)[C@H]2CSSCC/C=C/[C@H](CC(=O)N[C@H](CCC(=O)OC(C)(C)C)C(=O)N2)OC(=O)C[C@@H]1O. The van der Waals surface area contributed by atoms with Crippen molar-refractivity contribution in [2.24, 2.45) is 5.92 Å². The second-order valence-electron chi connectivity index (χ2n) is 10.9. The third-order valence-corrected chi connectivity index (χ3v) is 8.31. The first-order valence-electron chi connectivity index (χ1n) is 13.2. The van der Waals surface area contributed by atoms with Crippen LogP contribution in [0.2, 0.25) is 0 Å². The van der Waals surface area contributed by atoms with Crippen molar-refractivity contribution in [1.82, 2.24) is 16.0 Å². The Bertz CT molecular complexity index is 921. The van der Waals surface area contributed by atoms with E-state index >= 15 is 0 Å². The molecule has 0 aromatic carbocycles. The number of allylic oxidation sites excluding steroid dienone is 1. The lowest BCUT2D eigenvalue weighted by atomic mass is 9.96. The summed E-state index contributed by atoms with van der Waals surface area (Å²) in [5.41, 5.74) is -0.713. The maximum absolute atomic E-state index is 13.4. The summed E-state index contributed by atoms with van der Waals surface area (Å²) in [6, 6.07) is -2.91. The molecule has 11 nitrogen and oxygen atoms in total. The predicted molar refractivity (Wildman–Crippen MR) is 150 cm³/mol. The standard InChI is InChI=1S/C26H41N3O8S2/c1-15(2)23-19(30)13-22(33)36-16-8-6-7-11-38-39-14-18(25(35)29-23)28-24(34)17(27-20(31)12-16)9-10-21(32)37-26(3,4)5/h6,8,15-19,23,30H,7,9-14H2,1-5H3,(H,27,31)(H,28,34)(H,29,35)/b8-6+/t16-,17-,18-,19+,23-/m1/s1. The number of esters is 2. The second kappa shape index (κ2) is 15.5. The Morgan fingerprint density at radius 1 is 1.10 bits per heavy atom. The molecule has 1 fully saturated rings. The summed E-state index contributed by atoms with van der Waals surface area (Å²) < 4.78 is 10.8. The largest absolute Gasteiger partial charge is 0.460 e. The van der Waals surface area contributed by atoms with Gasteiger partial charge in [-0.3, -0.25) is 24.0 Å². The van der Waals surface area contributed by atoms with E-state index in [2.05, 4.69) is 16.0 Å². The van der Waals surface area contributed by atoms with Gasteiger partial charge in [0.05, 0.1) is 25.0 Å². The fraction of sp³-hybridized carbons (Fsp3) is 0.731. The molecule has 5 atom stereocenters. The minimum Gasteiger partial charge on any atom is -0.460 e. The van der Waals surface area contributed by atoms with Gasteiger partial charge >= 0.3 is 11.9 Å². The van der Waals surface area contributed by atoms with Crippen LogP contribution >= 0.6 is 21.6 Å². The Morgan fingerprint density at radius 3 is 2.49 bits per heavy atom. The Hall–Kier alpha value is -2.25. The number of carbonyl (C=O) groups is 5. The van der Waals surface area contributed by atoms with Crippen molar-refractivity contribution in [3.63, 3.8) is 0 Å². The topological polar surface area (TPSA) is 160 Å². The molecule has 13 heteroatoms. The molecule has 1 saturated heterocycles.